The van der Waals surface area contributed by atoms with E-state index in [1.165, 1.54) is 5.69 Å². The van der Waals surface area contributed by atoms with Crippen LogP contribution in [0.3, 0.4) is 0 Å². The Labute approximate surface area is 157 Å². The molecule has 0 aliphatic carbocycles. The normalized spacial score (nSPS) is 17.0. The van der Waals surface area contributed by atoms with Crippen molar-refractivity contribution in [2.45, 2.75) is 44.8 Å². The minimum atomic E-state index is -0.444. The number of hydrogen-bond donors (Lipinski definition) is 1. The second-order valence-electron chi connectivity index (χ2n) is 7.50. The molecular formula is C18H25N7S. The van der Waals surface area contributed by atoms with Crippen LogP contribution in [-0.4, -0.2) is 42.5 Å². The van der Waals surface area contributed by atoms with Crippen LogP contribution < -0.4 is 5.73 Å². The molecular weight excluding hydrogens is 346 g/mol. The summed E-state index contributed by atoms with van der Waals surface area (Å²) in [4.78, 5) is 6.92. The van der Waals surface area contributed by atoms with E-state index in [1.807, 2.05) is 36.3 Å². The van der Waals surface area contributed by atoms with Crippen molar-refractivity contribution in [3.63, 3.8) is 0 Å². The van der Waals surface area contributed by atoms with Crippen molar-refractivity contribution in [3.8, 4) is 5.13 Å². The zero-order valence-corrected chi connectivity index (χ0v) is 16.1. The molecule has 7 nitrogen and oxygen atoms in total. The second-order valence-corrected chi connectivity index (χ2v) is 8.37. The number of likely N-dealkylation sites (tertiary alicyclic amines) is 1. The van der Waals surface area contributed by atoms with Gasteiger partial charge in [0.1, 0.15) is 5.69 Å². The van der Waals surface area contributed by atoms with Crippen LogP contribution in [0.4, 0.5) is 0 Å². The van der Waals surface area contributed by atoms with Crippen LogP contribution in [-0.2, 0) is 12.1 Å². The van der Waals surface area contributed by atoms with Crippen molar-refractivity contribution in [3.05, 3.63) is 47.5 Å². The molecule has 0 atom stereocenters. The van der Waals surface area contributed by atoms with E-state index in [2.05, 4.69) is 43.1 Å². The van der Waals surface area contributed by atoms with E-state index in [1.54, 1.807) is 11.3 Å². The van der Waals surface area contributed by atoms with Gasteiger partial charge in [-0.05, 0) is 38.8 Å². The van der Waals surface area contributed by atoms with Gasteiger partial charge in [-0.3, -0.25) is 9.47 Å². The molecule has 138 valence electrons. The number of hydrogen-bond acceptors (Lipinski definition) is 6. The van der Waals surface area contributed by atoms with E-state index in [0.717, 1.165) is 43.3 Å². The van der Waals surface area contributed by atoms with Gasteiger partial charge < -0.3 is 5.73 Å². The lowest BCUT2D eigenvalue weighted by Crippen LogP contribution is -2.35. The van der Waals surface area contributed by atoms with E-state index in [0.29, 0.717) is 6.04 Å². The Morgan fingerprint density at radius 1 is 1.31 bits per heavy atom. The maximum atomic E-state index is 6.12. The van der Waals surface area contributed by atoms with Crippen molar-refractivity contribution in [1.82, 2.24) is 29.4 Å². The number of piperidine rings is 1. The standard InChI is InChI=1S/C18H25N7S/c1-18(2,19)16-13-25(22-21-16)14-5-9-23(10-6-14)12-15-4-3-8-24(15)17-20-7-11-26-17/h3-4,7-8,11,13-14H,5-6,9-10,12,19H2,1-2H3. The van der Waals surface area contributed by atoms with Crippen molar-refractivity contribution in [2.75, 3.05) is 13.1 Å². The van der Waals surface area contributed by atoms with Crippen LogP contribution in [0.5, 0.6) is 0 Å². The summed E-state index contributed by atoms with van der Waals surface area (Å²) in [6.07, 6.45) is 8.10. The van der Waals surface area contributed by atoms with Crippen LogP contribution in [0.25, 0.3) is 5.13 Å². The third kappa shape index (κ3) is 3.58. The highest BCUT2D eigenvalue weighted by molar-refractivity contribution is 7.12. The molecule has 0 bridgehead atoms. The lowest BCUT2D eigenvalue weighted by Gasteiger charge is -2.31. The molecule has 1 aliphatic rings. The first-order valence-electron chi connectivity index (χ1n) is 9.00. The zero-order valence-electron chi connectivity index (χ0n) is 15.2. The van der Waals surface area contributed by atoms with Gasteiger partial charge in [0.15, 0.2) is 5.13 Å². The molecule has 4 heterocycles. The highest BCUT2D eigenvalue weighted by Gasteiger charge is 2.25. The first-order valence-corrected chi connectivity index (χ1v) is 9.88. The summed E-state index contributed by atoms with van der Waals surface area (Å²) in [7, 11) is 0. The lowest BCUT2D eigenvalue weighted by atomic mass is 10.0. The van der Waals surface area contributed by atoms with Crippen LogP contribution in [0, 0.1) is 0 Å². The molecule has 4 rings (SSSR count). The minimum absolute atomic E-state index is 0.403. The van der Waals surface area contributed by atoms with Crippen molar-refractivity contribution >= 4 is 11.3 Å². The fourth-order valence-electron chi connectivity index (χ4n) is 3.39. The average molecular weight is 372 g/mol. The summed E-state index contributed by atoms with van der Waals surface area (Å²) in [5, 5.41) is 11.6. The number of rotatable bonds is 5. The summed E-state index contributed by atoms with van der Waals surface area (Å²) in [6.45, 7) is 6.96. The largest absolute Gasteiger partial charge is 0.320 e. The Bertz CT molecular complexity index is 835. The van der Waals surface area contributed by atoms with Gasteiger partial charge in [-0.15, -0.1) is 16.4 Å². The maximum Gasteiger partial charge on any atom is 0.193 e. The quantitative estimate of drug-likeness (QED) is 0.746. The Morgan fingerprint density at radius 3 is 2.77 bits per heavy atom. The molecule has 3 aromatic rings. The smallest absolute Gasteiger partial charge is 0.193 e. The third-order valence-corrected chi connectivity index (χ3v) is 5.72. The van der Waals surface area contributed by atoms with Crippen LogP contribution in [0.2, 0.25) is 0 Å². The molecule has 0 amide bonds. The Balaban J connectivity index is 1.37. The van der Waals surface area contributed by atoms with E-state index in [-0.39, 0.29) is 0 Å². The molecule has 0 aromatic carbocycles. The average Bonchev–Trinajstić information content (AvgIpc) is 3.36. The fourth-order valence-corrected chi connectivity index (χ4v) is 4.04. The second kappa shape index (κ2) is 6.94. The monoisotopic (exact) mass is 371 g/mol. The van der Waals surface area contributed by atoms with Gasteiger partial charge in [0.2, 0.25) is 0 Å². The van der Waals surface area contributed by atoms with E-state index >= 15 is 0 Å². The summed E-state index contributed by atoms with van der Waals surface area (Å²) in [6, 6.07) is 4.68. The Kier molecular flexibility index (Phi) is 4.64. The molecule has 1 saturated heterocycles. The van der Waals surface area contributed by atoms with Crippen LogP contribution in [0.1, 0.15) is 44.1 Å². The molecule has 0 unspecified atom stereocenters. The number of thiazole rings is 1. The van der Waals surface area contributed by atoms with Gasteiger partial charge in [0.05, 0.1) is 17.8 Å². The van der Waals surface area contributed by atoms with E-state index < -0.39 is 5.54 Å². The van der Waals surface area contributed by atoms with Gasteiger partial charge in [0.25, 0.3) is 0 Å². The molecule has 26 heavy (non-hydrogen) atoms. The summed E-state index contributed by atoms with van der Waals surface area (Å²) < 4.78 is 4.18. The summed E-state index contributed by atoms with van der Waals surface area (Å²) in [5.74, 6) is 0. The minimum Gasteiger partial charge on any atom is -0.320 e. The lowest BCUT2D eigenvalue weighted by molar-refractivity contribution is 0.170. The number of nitrogens with zero attached hydrogens (tertiary/aromatic N) is 6. The summed E-state index contributed by atoms with van der Waals surface area (Å²) >= 11 is 1.66. The third-order valence-electron chi connectivity index (χ3n) is 4.95. The molecule has 1 aliphatic heterocycles. The molecule has 8 heteroatoms. The molecule has 3 aromatic heterocycles. The highest BCUT2D eigenvalue weighted by Crippen LogP contribution is 2.25. The first kappa shape index (κ1) is 17.4. The topological polar surface area (TPSA) is 77.8 Å². The van der Waals surface area contributed by atoms with Crippen LogP contribution >= 0.6 is 11.3 Å². The number of aromatic nitrogens is 5. The molecule has 1 fully saturated rings. The SMILES string of the molecule is CC(C)(N)c1cn(C2CCN(Cc3cccn3-c3nccs3)CC2)nn1. The molecule has 0 saturated carbocycles. The highest BCUT2D eigenvalue weighted by atomic mass is 32.1. The Morgan fingerprint density at radius 2 is 2.12 bits per heavy atom. The van der Waals surface area contributed by atoms with Crippen molar-refractivity contribution in [2.24, 2.45) is 5.73 Å². The molecule has 0 spiro atoms. The van der Waals surface area contributed by atoms with Gasteiger partial charge in [0, 0.05) is 43.1 Å². The zero-order chi connectivity index (χ0) is 18.1. The number of nitrogens with two attached hydrogens (primary N) is 1. The maximum absolute atomic E-state index is 6.12. The predicted octanol–water partition coefficient (Wildman–Crippen LogP) is 2.56. The van der Waals surface area contributed by atoms with Crippen LogP contribution in [0.15, 0.2) is 36.1 Å². The summed E-state index contributed by atoms with van der Waals surface area (Å²) in [5.41, 5.74) is 7.81. The fraction of sp³-hybridized carbons (Fsp3) is 0.500. The van der Waals surface area contributed by atoms with Gasteiger partial charge in [-0.25, -0.2) is 9.67 Å². The van der Waals surface area contributed by atoms with Gasteiger partial charge >= 0.3 is 0 Å². The van der Waals surface area contributed by atoms with E-state index in [9.17, 15) is 0 Å². The van der Waals surface area contributed by atoms with E-state index in [4.69, 9.17) is 5.73 Å². The predicted molar refractivity (Wildman–Crippen MR) is 102 cm³/mol. The molecule has 0 radical (unpaired) electrons. The van der Waals surface area contributed by atoms with Crippen molar-refractivity contribution in [1.29, 1.82) is 0 Å². The van der Waals surface area contributed by atoms with Gasteiger partial charge in [-0.2, -0.15) is 0 Å². The first-order chi connectivity index (χ1) is 12.5. The Hall–Kier alpha value is -2.03. The van der Waals surface area contributed by atoms with Crippen molar-refractivity contribution < 1.29 is 0 Å². The van der Waals surface area contributed by atoms with Gasteiger partial charge in [-0.1, -0.05) is 5.21 Å². The molecule has 2 N–H and O–H groups in total.